The zero-order valence-electron chi connectivity index (χ0n) is 18.7. The van der Waals surface area contributed by atoms with Gasteiger partial charge in [0, 0.05) is 22.0 Å². The first-order valence-corrected chi connectivity index (χ1v) is 12.9. The van der Waals surface area contributed by atoms with Crippen LogP contribution in [0.25, 0.3) is 0 Å². The van der Waals surface area contributed by atoms with Crippen LogP contribution in [0.2, 0.25) is 0 Å². The van der Waals surface area contributed by atoms with Crippen molar-refractivity contribution in [1.29, 1.82) is 0 Å². The van der Waals surface area contributed by atoms with Crippen LogP contribution < -0.4 is 9.47 Å². The third-order valence-corrected chi connectivity index (χ3v) is 7.17. The zero-order chi connectivity index (χ0) is 22.9. The van der Waals surface area contributed by atoms with Crippen LogP contribution in [-0.2, 0) is 0 Å². The maximum Gasteiger partial charge on any atom is 0.213 e. The molecule has 4 nitrogen and oxygen atoms in total. The van der Waals surface area contributed by atoms with Gasteiger partial charge in [0.05, 0.1) is 22.8 Å². The molecule has 2 aliphatic rings. The number of hydrogen-bond donors (Lipinski definition) is 0. The van der Waals surface area contributed by atoms with Crippen LogP contribution in [-0.4, -0.2) is 17.3 Å². The lowest BCUT2D eigenvalue weighted by Gasteiger charge is -2.38. The van der Waals surface area contributed by atoms with E-state index < -0.39 is 0 Å². The van der Waals surface area contributed by atoms with Crippen molar-refractivity contribution in [2.24, 2.45) is 5.10 Å². The van der Waals surface area contributed by atoms with Crippen molar-refractivity contribution < 1.29 is 9.47 Å². The molecule has 0 aliphatic carbocycles. The molecule has 0 radical (unpaired) electrons. The van der Waals surface area contributed by atoms with Crippen LogP contribution in [0.1, 0.15) is 60.7 Å². The predicted octanol–water partition coefficient (Wildman–Crippen LogP) is 7.94. The molecule has 6 heteroatoms. The van der Waals surface area contributed by atoms with Crippen LogP contribution in [0.5, 0.6) is 11.5 Å². The molecule has 2 heterocycles. The molecule has 0 saturated carbocycles. The number of aryl methyl sites for hydroxylation is 1. The van der Waals surface area contributed by atoms with Crippen LogP contribution in [0, 0.1) is 6.92 Å². The first kappa shape index (κ1) is 22.5. The summed E-state index contributed by atoms with van der Waals surface area (Å²) in [6, 6.07) is 21.1. The van der Waals surface area contributed by atoms with Gasteiger partial charge in [0.2, 0.25) is 6.23 Å². The molecule has 0 aromatic heterocycles. The van der Waals surface area contributed by atoms with E-state index in [1.165, 1.54) is 5.56 Å². The summed E-state index contributed by atoms with van der Waals surface area (Å²) in [6.45, 7) is 5.01. The Hall–Kier alpha value is -2.31. The summed E-state index contributed by atoms with van der Waals surface area (Å²) in [7, 11) is 0. The van der Waals surface area contributed by atoms with Gasteiger partial charge in [-0.1, -0.05) is 59.1 Å². The molecule has 3 aromatic rings. The molecule has 2 aliphatic heterocycles. The van der Waals surface area contributed by atoms with Crippen LogP contribution >= 0.6 is 31.9 Å². The number of halogens is 2. The highest BCUT2D eigenvalue weighted by Crippen LogP contribution is 2.50. The highest BCUT2D eigenvalue weighted by molar-refractivity contribution is 9.11. The Morgan fingerprint density at radius 2 is 1.82 bits per heavy atom. The Kier molecular flexibility index (Phi) is 6.48. The van der Waals surface area contributed by atoms with Gasteiger partial charge in [-0.3, -0.25) is 0 Å². The van der Waals surface area contributed by atoms with Gasteiger partial charge in [-0.2, -0.15) is 5.10 Å². The summed E-state index contributed by atoms with van der Waals surface area (Å²) in [5.41, 5.74) is 5.67. The smallest absolute Gasteiger partial charge is 0.213 e. The van der Waals surface area contributed by atoms with Crippen LogP contribution in [0.15, 0.2) is 74.7 Å². The molecule has 5 rings (SSSR count). The lowest BCUT2D eigenvalue weighted by Crippen LogP contribution is -2.33. The second-order valence-corrected chi connectivity index (χ2v) is 10.3. The monoisotopic (exact) mass is 568 g/mol. The highest BCUT2D eigenvalue weighted by atomic mass is 79.9. The molecule has 0 fully saturated rings. The maximum absolute atomic E-state index is 6.57. The third kappa shape index (κ3) is 4.56. The molecule has 2 atom stereocenters. The highest BCUT2D eigenvalue weighted by Gasteiger charge is 2.42. The summed E-state index contributed by atoms with van der Waals surface area (Å²) in [5, 5.41) is 7.19. The predicted molar refractivity (Wildman–Crippen MR) is 139 cm³/mol. The van der Waals surface area contributed by atoms with Gasteiger partial charge in [-0.25, -0.2) is 5.01 Å². The number of hydrogen-bond acceptors (Lipinski definition) is 4. The number of rotatable bonds is 6. The van der Waals surface area contributed by atoms with E-state index >= 15 is 0 Å². The van der Waals surface area contributed by atoms with Crippen LogP contribution in [0.4, 0.5) is 0 Å². The first-order chi connectivity index (χ1) is 16.0. The van der Waals surface area contributed by atoms with E-state index in [1.54, 1.807) is 0 Å². The minimum atomic E-state index is -0.312. The van der Waals surface area contributed by atoms with Gasteiger partial charge in [-0.05, 0) is 71.2 Å². The fourth-order valence-electron chi connectivity index (χ4n) is 4.32. The van der Waals surface area contributed by atoms with Gasteiger partial charge in [-0.15, -0.1) is 0 Å². The normalized spacial score (nSPS) is 18.9. The number of hydrazone groups is 1. The summed E-state index contributed by atoms with van der Waals surface area (Å²) in [5.74, 6) is 1.77. The van der Waals surface area contributed by atoms with E-state index in [0.29, 0.717) is 0 Å². The SMILES string of the molecule is CCCCOc1ccc(C2Oc3c(Br)cc(Br)cc3C3CC(c4ccc(C)cc4)=NN32)cc1. The van der Waals surface area contributed by atoms with E-state index in [1.807, 2.05) is 18.2 Å². The van der Waals surface area contributed by atoms with Crippen molar-refractivity contribution in [3.8, 4) is 11.5 Å². The van der Waals surface area contributed by atoms with Gasteiger partial charge >= 0.3 is 0 Å². The van der Waals surface area contributed by atoms with Crippen molar-refractivity contribution in [1.82, 2.24) is 5.01 Å². The van der Waals surface area contributed by atoms with Gasteiger partial charge in [0.25, 0.3) is 0 Å². The maximum atomic E-state index is 6.57. The molecular formula is C27H26Br2N2O2. The average Bonchev–Trinajstić information content (AvgIpc) is 3.26. The van der Waals surface area contributed by atoms with Crippen molar-refractivity contribution in [3.63, 3.8) is 0 Å². The molecule has 2 unspecified atom stereocenters. The standard InChI is InChI=1S/C27H26Br2N2O2/c1-3-4-13-32-21-11-9-19(10-12-21)27-31-25(22-14-20(28)15-23(29)26(22)33-27)16-24(30-31)18-7-5-17(2)6-8-18/h5-12,14-15,25,27H,3-4,13,16H2,1-2H3. The summed E-state index contributed by atoms with van der Waals surface area (Å²) >= 11 is 7.36. The second kappa shape index (κ2) is 9.51. The molecule has 0 spiro atoms. The lowest BCUT2D eigenvalue weighted by molar-refractivity contribution is -0.0197. The van der Waals surface area contributed by atoms with Crippen molar-refractivity contribution in [2.45, 2.75) is 45.4 Å². The van der Waals surface area contributed by atoms with Gasteiger partial charge in [0.1, 0.15) is 11.5 Å². The van der Waals surface area contributed by atoms with E-state index in [4.69, 9.17) is 14.6 Å². The molecule has 33 heavy (non-hydrogen) atoms. The Morgan fingerprint density at radius 3 is 2.55 bits per heavy atom. The Balaban J connectivity index is 1.51. The quantitative estimate of drug-likeness (QED) is 0.282. The topological polar surface area (TPSA) is 34.1 Å². The molecule has 0 bridgehead atoms. The fourth-order valence-corrected chi connectivity index (χ4v) is 5.67. The minimum absolute atomic E-state index is 0.101. The van der Waals surface area contributed by atoms with Crippen LogP contribution in [0.3, 0.4) is 0 Å². The summed E-state index contributed by atoms with van der Waals surface area (Å²) in [4.78, 5) is 0. The molecule has 0 N–H and O–H groups in total. The largest absolute Gasteiger partial charge is 0.494 e. The number of unbranched alkanes of at least 4 members (excludes halogenated alkanes) is 1. The van der Waals surface area contributed by atoms with Crippen molar-refractivity contribution >= 4 is 37.6 Å². The molecule has 0 saturated heterocycles. The van der Waals surface area contributed by atoms with E-state index in [0.717, 1.165) is 68.7 Å². The lowest BCUT2D eigenvalue weighted by atomic mass is 9.95. The Labute approximate surface area is 211 Å². The number of ether oxygens (including phenoxy) is 2. The minimum Gasteiger partial charge on any atom is -0.494 e. The summed E-state index contributed by atoms with van der Waals surface area (Å²) < 4.78 is 14.4. The molecule has 0 amide bonds. The van der Waals surface area contributed by atoms with E-state index in [2.05, 4.69) is 93.2 Å². The number of nitrogens with zero attached hydrogens (tertiary/aromatic N) is 2. The van der Waals surface area contributed by atoms with Gasteiger partial charge in [0.15, 0.2) is 0 Å². The zero-order valence-corrected chi connectivity index (χ0v) is 21.9. The number of benzene rings is 3. The van der Waals surface area contributed by atoms with Gasteiger partial charge < -0.3 is 9.47 Å². The third-order valence-electron chi connectivity index (χ3n) is 6.12. The first-order valence-electron chi connectivity index (χ1n) is 11.3. The van der Waals surface area contributed by atoms with E-state index in [-0.39, 0.29) is 12.3 Å². The fraction of sp³-hybridized carbons (Fsp3) is 0.296. The summed E-state index contributed by atoms with van der Waals surface area (Å²) in [6.07, 6.45) is 2.69. The average molecular weight is 570 g/mol. The molecular weight excluding hydrogens is 544 g/mol. The van der Waals surface area contributed by atoms with E-state index in [9.17, 15) is 0 Å². The molecule has 3 aromatic carbocycles. The molecule has 170 valence electrons. The Morgan fingerprint density at radius 1 is 1.06 bits per heavy atom. The van der Waals surface area contributed by atoms with Crippen molar-refractivity contribution in [3.05, 3.63) is 91.9 Å². The Bertz CT molecular complexity index is 1180. The van der Waals surface area contributed by atoms with Crippen molar-refractivity contribution in [2.75, 3.05) is 6.61 Å². The second-order valence-electron chi connectivity index (χ2n) is 8.56. The number of fused-ring (bicyclic) bond motifs is 3.